The predicted octanol–water partition coefficient (Wildman–Crippen LogP) is 2.82. The van der Waals surface area contributed by atoms with Crippen molar-refractivity contribution in [3.8, 4) is 0 Å². The van der Waals surface area contributed by atoms with Crippen LogP contribution in [0.4, 0.5) is 4.39 Å². The molecule has 0 aliphatic carbocycles. The van der Waals surface area contributed by atoms with Crippen molar-refractivity contribution in [1.29, 1.82) is 0 Å². The van der Waals surface area contributed by atoms with E-state index < -0.39 is 5.54 Å². The monoisotopic (exact) mass is 180 g/mol. The maximum atomic E-state index is 12.5. The summed E-state index contributed by atoms with van der Waals surface area (Å²) in [5.74, 6) is -0.200. The molecule has 0 unspecified atom stereocenters. The quantitative estimate of drug-likeness (QED) is 0.683. The predicted molar refractivity (Wildman–Crippen MR) is 51.9 cm³/mol. The average Bonchev–Trinajstić information content (AvgIpc) is 2.02. The van der Waals surface area contributed by atoms with Crippen molar-refractivity contribution in [3.05, 3.63) is 35.6 Å². The van der Waals surface area contributed by atoms with E-state index in [0.29, 0.717) is 0 Å². The van der Waals surface area contributed by atoms with Gasteiger partial charge < -0.3 is 0 Å². The molecule has 13 heavy (non-hydrogen) atoms. The molecular formula is C11H15FN. The zero-order valence-electron chi connectivity index (χ0n) is 8.10. The first-order chi connectivity index (χ1) is 5.97. The van der Waals surface area contributed by atoms with Crippen molar-refractivity contribution < 1.29 is 4.39 Å². The lowest BCUT2D eigenvalue weighted by atomic mass is 9.97. The zero-order chi connectivity index (χ0) is 9.90. The second kappa shape index (κ2) is 3.88. The number of aryl methyl sites for hydroxylation is 1. The van der Waals surface area contributed by atoms with E-state index in [4.69, 9.17) is 5.73 Å². The van der Waals surface area contributed by atoms with Crippen LogP contribution in [0.15, 0.2) is 24.3 Å². The Bertz CT molecular complexity index is 258. The Morgan fingerprint density at radius 1 is 1.23 bits per heavy atom. The van der Waals surface area contributed by atoms with Gasteiger partial charge in [-0.25, -0.2) is 4.39 Å². The summed E-state index contributed by atoms with van der Waals surface area (Å²) in [6.07, 6.45) is 1.65. The van der Waals surface area contributed by atoms with Crippen LogP contribution >= 0.6 is 0 Å². The Morgan fingerprint density at radius 3 is 2.23 bits per heavy atom. The van der Waals surface area contributed by atoms with Crippen LogP contribution in [0.25, 0.3) is 0 Å². The lowest BCUT2D eigenvalue weighted by Gasteiger charge is -2.16. The van der Waals surface area contributed by atoms with E-state index in [1.54, 1.807) is 12.1 Å². The first-order valence-corrected chi connectivity index (χ1v) is 4.47. The SMILES string of the molecule is CC(C)([NH])CCc1ccc(F)cc1. The standard InChI is InChI=1S/C11H15FN/c1-11(2,13)8-7-9-3-5-10(12)6-4-9/h3-6,13H,7-8H2,1-2H3. The second-order valence-electron chi connectivity index (χ2n) is 4.01. The highest BCUT2D eigenvalue weighted by Crippen LogP contribution is 2.12. The van der Waals surface area contributed by atoms with Gasteiger partial charge in [0.05, 0.1) is 0 Å². The van der Waals surface area contributed by atoms with Gasteiger partial charge in [-0.3, -0.25) is 5.73 Å². The molecule has 71 valence electrons. The summed E-state index contributed by atoms with van der Waals surface area (Å²) in [5, 5.41) is 0. The first-order valence-electron chi connectivity index (χ1n) is 4.47. The molecule has 1 nitrogen and oxygen atoms in total. The number of hydrogen-bond donors (Lipinski definition) is 0. The average molecular weight is 180 g/mol. The fourth-order valence-corrected chi connectivity index (χ4v) is 1.11. The van der Waals surface area contributed by atoms with Gasteiger partial charge in [-0.05, 0) is 44.4 Å². The molecule has 0 saturated heterocycles. The molecule has 1 aromatic rings. The minimum absolute atomic E-state index is 0.200. The van der Waals surface area contributed by atoms with Crippen molar-refractivity contribution >= 4 is 0 Å². The summed E-state index contributed by atoms with van der Waals surface area (Å²) >= 11 is 0. The lowest BCUT2D eigenvalue weighted by molar-refractivity contribution is 0.460. The molecule has 0 atom stereocenters. The van der Waals surface area contributed by atoms with E-state index in [9.17, 15) is 4.39 Å². The Kier molecular flexibility index (Phi) is 3.04. The molecule has 2 heteroatoms. The highest BCUT2D eigenvalue weighted by molar-refractivity contribution is 5.16. The normalized spacial score (nSPS) is 11.7. The van der Waals surface area contributed by atoms with Crippen LogP contribution in [0, 0.1) is 5.82 Å². The zero-order valence-corrected chi connectivity index (χ0v) is 8.10. The van der Waals surface area contributed by atoms with E-state index >= 15 is 0 Å². The van der Waals surface area contributed by atoms with Gasteiger partial charge in [-0.1, -0.05) is 12.1 Å². The minimum Gasteiger partial charge on any atom is -0.252 e. The van der Waals surface area contributed by atoms with Crippen molar-refractivity contribution in [2.45, 2.75) is 32.2 Å². The maximum Gasteiger partial charge on any atom is 0.123 e. The van der Waals surface area contributed by atoms with Gasteiger partial charge in [-0.2, -0.15) is 0 Å². The second-order valence-corrected chi connectivity index (χ2v) is 4.01. The van der Waals surface area contributed by atoms with E-state index in [0.717, 1.165) is 18.4 Å². The van der Waals surface area contributed by atoms with E-state index in [1.807, 2.05) is 13.8 Å². The molecule has 1 N–H and O–H groups in total. The van der Waals surface area contributed by atoms with Crippen LogP contribution in [-0.2, 0) is 6.42 Å². The third kappa shape index (κ3) is 4.04. The molecule has 0 amide bonds. The summed E-state index contributed by atoms with van der Waals surface area (Å²) in [4.78, 5) is 0. The third-order valence-corrected chi connectivity index (χ3v) is 1.95. The highest BCUT2D eigenvalue weighted by atomic mass is 19.1. The number of nitrogens with one attached hydrogen (secondary N) is 1. The van der Waals surface area contributed by atoms with Gasteiger partial charge in [0.1, 0.15) is 5.82 Å². The minimum atomic E-state index is -0.394. The summed E-state index contributed by atoms with van der Waals surface area (Å²) in [6, 6.07) is 6.49. The van der Waals surface area contributed by atoms with Crippen molar-refractivity contribution in [3.63, 3.8) is 0 Å². The van der Waals surface area contributed by atoms with Gasteiger partial charge in [0.15, 0.2) is 0 Å². The summed E-state index contributed by atoms with van der Waals surface area (Å²) in [7, 11) is 0. The molecule has 1 radical (unpaired) electrons. The number of hydrogen-bond acceptors (Lipinski definition) is 0. The Balaban J connectivity index is 2.51. The highest BCUT2D eigenvalue weighted by Gasteiger charge is 2.10. The maximum absolute atomic E-state index is 12.5. The molecule has 0 saturated carbocycles. The van der Waals surface area contributed by atoms with E-state index in [1.165, 1.54) is 12.1 Å². The van der Waals surface area contributed by atoms with Crippen molar-refractivity contribution in [2.24, 2.45) is 0 Å². The summed E-state index contributed by atoms with van der Waals surface area (Å²) < 4.78 is 12.5. The van der Waals surface area contributed by atoms with Gasteiger partial charge >= 0.3 is 0 Å². The Labute approximate surface area is 78.8 Å². The lowest BCUT2D eigenvalue weighted by Crippen LogP contribution is -2.21. The molecule has 1 rings (SSSR count). The fraction of sp³-hybridized carbons (Fsp3) is 0.455. The van der Waals surface area contributed by atoms with Crippen LogP contribution in [0.3, 0.4) is 0 Å². The van der Waals surface area contributed by atoms with E-state index in [2.05, 4.69) is 0 Å². The largest absolute Gasteiger partial charge is 0.252 e. The molecule has 0 aliphatic heterocycles. The third-order valence-electron chi connectivity index (χ3n) is 1.95. The number of benzene rings is 1. The Hall–Kier alpha value is -0.890. The Morgan fingerprint density at radius 2 is 1.77 bits per heavy atom. The number of rotatable bonds is 3. The molecule has 0 aliphatic rings. The van der Waals surface area contributed by atoms with Crippen molar-refractivity contribution in [1.82, 2.24) is 5.73 Å². The molecule has 0 heterocycles. The molecule has 0 spiro atoms. The van der Waals surface area contributed by atoms with Crippen LogP contribution < -0.4 is 5.73 Å². The fourth-order valence-electron chi connectivity index (χ4n) is 1.11. The summed E-state index contributed by atoms with van der Waals surface area (Å²) in [6.45, 7) is 3.77. The molecule has 0 bridgehead atoms. The van der Waals surface area contributed by atoms with Gasteiger partial charge in [0.25, 0.3) is 0 Å². The molecule has 1 aromatic carbocycles. The van der Waals surface area contributed by atoms with Crippen LogP contribution in [0.1, 0.15) is 25.8 Å². The molecular weight excluding hydrogens is 165 g/mol. The van der Waals surface area contributed by atoms with Crippen LogP contribution in [0.2, 0.25) is 0 Å². The van der Waals surface area contributed by atoms with Crippen LogP contribution in [-0.4, -0.2) is 5.54 Å². The van der Waals surface area contributed by atoms with Crippen molar-refractivity contribution in [2.75, 3.05) is 0 Å². The smallest absolute Gasteiger partial charge is 0.123 e. The van der Waals surface area contributed by atoms with Gasteiger partial charge in [-0.15, -0.1) is 0 Å². The molecule has 0 fully saturated rings. The summed E-state index contributed by atoms with van der Waals surface area (Å²) in [5.41, 5.74) is 8.35. The first kappa shape index (κ1) is 10.2. The topological polar surface area (TPSA) is 23.8 Å². The molecule has 0 aromatic heterocycles. The van der Waals surface area contributed by atoms with Gasteiger partial charge in [0.2, 0.25) is 0 Å². The number of halogens is 1. The van der Waals surface area contributed by atoms with Gasteiger partial charge in [0, 0.05) is 5.54 Å². The van der Waals surface area contributed by atoms with Crippen LogP contribution in [0.5, 0.6) is 0 Å². The van der Waals surface area contributed by atoms with E-state index in [-0.39, 0.29) is 5.82 Å².